The first-order valence-electron chi connectivity index (χ1n) is 4.45. The van der Waals surface area contributed by atoms with E-state index in [9.17, 15) is 13.2 Å². The summed E-state index contributed by atoms with van der Waals surface area (Å²) in [5, 5.41) is 0. The van der Waals surface area contributed by atoms with Crippen LogP contribution in [0.25, 0.3) is 11.4 Å². The molecule has 0 aromatic carbocycles. The Bertz CT molecular complexity index is 526. The second-order valence-corrected chi connectivity index (χ2v) is 3.09. The maximum atomic E-state index is 12.4. The standard InChI is InChI=1S/C9H6F3N5/c10-9(11,12)8-16-5(3-7(13)17-8)6-4-14-1-2-15-6/h1-4H,(H2,13,16,17). The van der Waals surface area contributed by atoms with Crippen LogP contribution in [0.3, 0.4) is 0 Å². The molecule has 0 unspecified atom stereocenters. The van der Waals surface area contributed by atoms with E-state index in [4.69, 9.17) is 5.73 Å². The summed E-state index contributed by atoms with van der Waals surface area (Å²) in [6.07, 6.45) is -0.603. The molecule has 8 heteroatoms. The van der Waals surface area contributed by atoms with E-state index >= 15 is 0 Å². The quantitative estimate of drug-likeness (QED) is 0.819. The van der Waals surface area contributed by atoms with E-state index in [2.05, 4.69) is 19.9 Å². The third kappa shape index (κ3) is 2.47. The SMILES string of the molecule is Nc1cc(-c2cnccn2)nc(C(F)(F)F)n1. The van der Waals surface area contributed by atoms with E-state index in [1.165, 1.54) is 24.7 Å². The van der Waals surface area contributed by atoms with Crippen LogP contribution in [0, 0.1) is 0 Å². The van der Waals surface area contributed by atoms with Crippen LogP contribution in [0.5, 0.6) is 0 Å². The Labute approximate surface area is 93.6 Å². The van der Waals surface area contributed by atoms with Gasteiger partial charge in [-0.1, -0.05) is 0 Å². The summed E-state index contributed by atoms with van der Waals surface area (Å²) < 4.78 is 37.3. The molecule has 5 nitrogen and oxygen atoms in total. The van der Waals surface area contributed by atoms with Crippen molar-refractivity contribution in [1.29, 1.82) is 0 Å². The van der Waals surface area contributed by atoms with Gasteiger partial charge in [0.05, 0.1) is 11.9 Å². The third-order valence-electron chi connectivity index (χ3n) is 1.83. The smallest absolute Gasteiger partial charge is 0.384 e. The molecule has 0 atom stereocenters. The molecule has 88 valence electrons. The van der Waals surface area contributed by atoms with Gasteiger partial charge in [-0.3, -0.25) is 9.97 Å². The zero-order chi connectivity index (χ0) is 12.5. The molecular weight excluding hydrogens is 235 g/mol. The first-order valence-corrected chi connectivity index (χ1v) is 4.45. The molecular formula is C9H6F3N5. The number of hydrogen-bond donors (Lipinski definition) is 1. The molecule has 0 spiro atoms. The fourth-order valence-electron chi connectivity index (χ4n) is 1.16. The van der Waals surface area contributed by atoms with Gasteiger partial charge in [0.1, 0.15) is 11.5 Å². The van der Waals surface area contributed by atoms with E-state index in [1.807, 2.05) is 0 Å². The third-order valence-corrected chi connectivity index (χ3v) is 1.83. The first kappa shape index (κ1) is 11.2. The minimum absolute atomic E-state index is 0.0158. The molecule has 2 N–H and O–H groups in total. The summed E-state index contributed by atoms with van der Waals surface area (Å²) >= 11 is 0. The first-order chi connectivity index (χ1) is 7.97. The van der Waals surface area contributed by atoms with Crippen LogP contribution in [0.1, 0.15) is 5.82 Å². The van der Waals surface area contributed by atoms with Gasteiger partial charge in [-0.15, -0.1) is 0 Å². The van der Waals surface area contributed by atoms with Crippen LogP contribution in [0.15, 0.2) is 24.7 Å². The lowest BCUT2D eigenvalue weighted by Gasteiger charge is -2.07. The molecule has 2 aromatic rings. The number of aromatic nitrogens is 4. The Morgan fingerprint density at radius 1 is 1.06 bits per heavy atom. The number of nitrogen functional groups attached to an aromatic ring is 1. The molecule has 0 saturated carbocycles. The van der Waals surface area contributed by atoms with Gasteiger partial charge in [0.15, 0.2) is 0 Å². The molecule has 0 bridgehead atoms. The van der Waals surface area contributed by atoms with Gasteiger partial charge in [-0.25, -0.2) is 9.97 Å². The topological polar surface area (TPSA) is 77.6 Å². The minimum atomic E-state index is -4.65. The largest absolute Gasteiger partial charge is 0.451 e. The van der Waals surface area contributed by atoms with Crippen LogP contribution in [0.4, 0.5) is 19.0 Å². The Balaban J connectivity index is 2.54. The van der Waals surface area contributed by atoms with Crippen molar-refractivity contribution in [3.8, 4) is 11.4 Å². The highest BCUT2D eigenvalue weighted by molar-refractivity contribution is 5.56. The molecule has 17 heavy (non-hydrogen) atoms. The average molecular weight is 241 g/mol. The second-order valence-electron chi connectivity index (χ2n) is 3.09. The van der Waals surface area contributed by atoms with Crippen molar-refractivity contribution in [2.24, 2.45) is 0 Å². The number of hydrogen-bond acceptors (Lipinski definition) is 5. The van der Waals surface area contributed by atoms with Gasteiger partial charge in [-0.2, -0.15) is 13.2 Å². The molecule has 0 aliphatic heterocycles. The van der Waals surface area contributed by atoms with Crippen molar-refractivity contribution < 1.29 is 13.2 Å². The van der Waals surface area contributed by atoms with E-state index in [1.54, 1.807) is 0 Å². The molecule has 2 rings (SSSR count). The normalized spacial score (nSPS) is 11.5. The number of anilines is 1. The summed E-state index contributed by atoms with van der Waals surface area (Å²) in [6.45, 7) is 0. The lowest BCUT2D eigenvalue weighted by atomic mass is 10.3. The Morgan fingerprint density at radius 3 is 2.41 bits per heavy atom. The van der Waals surface area contributed by atoms with E-state index in [0.717, 1.165) is 0 Å². The highest BCUT2D eigenvalue weighted by atomic mass is 19.4. The average Bonchev–Trinajstić information content (AvgIpc) is 2.28. The van der Waals surface area contributed by atoms with Crippen LogP contribution in [0.2, 0.25) is 0 Å². The van der Waals surface area contributed by atoms with Crippen LogP contribution in [-0.2, 0) is 6.18 Å². The van der Waals surface area contributed by atoms with Crippen LogP contribution in [-0.4, -0.2) is 19.9 Å². The Hall–Kier alpha value is -2.25. The molecule has 0 amide bonds. The minimum Gasteiger partial charge on any atom is -0.384 e. The predicted octanol–water partition coefficient (Wildman–Crippen LogP) is 1.53. The fraction of sp³-hybridized carbons (Fsp3) is 0.111. The Morgan fingerprint density at radius 2 is 1.82 bits per heavy atom. The number of rotatable bonds is 1. The van der Waals surface area contributed by atoms with E-state index in [-0.39, 0.29) is 17.2 Å². The van der Waals surface area contributed by atoms with Gasteiger partial charge in [0.25, 0.3) is 0 Å². The number of nitrogens with zero attached hydrogens (tertiary/aromatic N) is 4. The van der Waals surface area contributed by atoms with Crippen LogP contribution < -0.4 is 5.73 Å². The van der Waals surface area contributed by atoms with Crippen molar-refractivity contribution in [3.05, 3.63) is 30.5 Å². The predicted molar refractivity (Wildman–Crippen MR) is 52.5 cm³/mol. The highest BCUT2D eigenvalue weighted by Crippen LogP contribution is 2.28. The lowest BCUT2D eigenvalue weighted by molar-refractivity contribution is -0.144. The van der Waals surface area contributed by atoms with E-state index < -0.39 is 12.0 Å². The van der Waals surface area contributed by atoms with Crippen molar-refractivity contribution >= 4 is 5.82 Å². The van der Waals surface area contributed by atoms with Crippen molar-refractivity contribution in [2.45, 2.75) is 6.18 Å². The van der Waals surface area contributed by atoms with Gasteiger partial charge in [0, 0.05) is 18.5 Å². The van der Waals surface area contributed by atoms with Gasteiger partial charge < -0.3 is 5.73 Å². The highest BCUT2D eigenvalue weighted by Gasteiger charge is 2.35. The maximum Gasteiger partial charge on any atom is 0.451 e. The zero-order valence-electron chi connectivity index (χ0n) is 8.31. The summed E-state index contributed by atoms with van der Waals surface area (Å²) in [7, 11) is 0. The maximum absolute atomic E-state index is 12.4. The molecule has 2 heterocycles. The van der Waals surface area contributed by atoms with Crippen molar-refractivity contribution in [2.75, 3.05) is 5.73 Å². The van der Waals surface area contributed by atoms with Gasteiger partial charge >= 0.3 is 6.18 Å². The summed E-state index contributed by atoms with van der Waals surface area (Å²) in [5.74, 6) is -1.56. The molecule has 0 saturated heterocycles. The number of nitrogens with two attached hydrogens (primary N) is 1. The van der Waals surface area contributed by atoms with Gasteiger partial charge in [0.2, 0.25) is 5.82 Å². The fourth-order valence-corrected chi connectivity index (χ4v) is 1.16. The van der Waals surface area contributed by atoms with E-state index in [0.29, 0.717) is 0 Å². The Kier molecular flexibility index (Phi) is 2.62. The summed E-state index contributed by atoms with van der Waals surface area (Å²) in [6, 6.07) is 1.21. The van der Waals surface area contributed by atoms with Gasteiger partial charge in [-0.05, 0) is 0 Å². The molecule has 0 radical (unpaired) electrons. The monoisotopic (exact) mass is 241 g/mol. The molecule has 0 aliphatic carbocycles. The lowest BCUT2D eigenvalue weighted by Crippen LogP contribution is -2.13. The number of halogens is 3. The zero-order valence-corrected chi connectivity index (χ0v) is 8.31. The molecule has 0 fully saturated rings. The molecule has 0 aliphatic rings. The van der Waals surface area contributed by atoms with Crippen molar-refractivity contribution in [3.63, 3.8) is 0 Å². The summed E-state index contributed by atoms with van der Waals surface area (Å²) in [4.78, 5) is 14.1. The molecule has 2 aromatic heterocycles. The number of alkyl halides is 3. The van der Waals surface area contributed by atoms with Crippen LogP contribution >= 0.6 is 0 Å². The van der Waals surface area contributed by atoms with Crippen molar-refractivity contribution in [1.82, 2.24) is 19.9 Å². The summed E-state index contributed by atoms with van der Waals surface area (Å²) in [5.41, 5.74) is 5.48. The second kappa shape index (κ2) is 3.96.